The van der Waals surface area contributed by atoms with E-state index in [4.69, 9.17) is 0 Å². The fourth-order valence-corrected chi connectivity index (χ4v) is 6.58. The predicted octanol–water partition coefficient (Wildman–Crippen LogP) is 0.794. The summed E-state index contributed by atoms with van der Waals surface area (Å²) in [5.41, 5.74) is 1.04. The van der Waals surface area contributed by atoms with E-state index < -0.39 is 24.2 Å². The number of hydrogen-bond acceptors (Lipinski definition) is 8. The van der Waals surface area contributed by atoms with E-state index in [9.17, 15) is 28.8 Å². The van der Waals surface area contributed by atoms with Gasteiger partial charge in [0.05, 0.1) is 12.1 Å². The van der Waals surface area contributed by atoms with Gasteiger partial charge >= 0.3 is 0 Å². The van der Waals surface area contributed by atoms with Gasteiger partial charge < -0.3 is 41.7 Å². The van der Waals surface area contributed by atoms with E-state index in [1.54, 1.807) is 86.3 Å². The number of carbonyl (C=O) groups excluding carboxylic acids is 6. The second-order valence-electron chi connectivity index (χ2n) is 13.5. The van der Waals surface area contributed by atoms with Crippen molar-refractivity contribution in [2.24, 2.45) is 0 Å². The first kappa shape index (κ1) is 40.0. The third-order valence-corrected chi connectivity index (χ3v) is 10.0. The minimum Gasteiger partial charge on any atom is -0.350 e. The lowest BCUT2D eigenvalue weighted by Gasteiger charge is -2.32. The van der Waals surface area contributed by atoms with Gasteiger partial charge in [0, 0.05) is 49.4 Å². The fraction of sp³-hybridized carbons (Fsp3) is 0.526. The molecule has 2 aliphatic heterocycles. The normalized spacial score (nSPS) is 19.2. The largest absolute Gasteiger partial charge is 0.350 e. The molecule has 52 heavy (non-hydrogen) atoms. The van der Waals surface area contributed by atoms with Gasteiger partial charge in [-0.1, -0.05) is 36.4 Å². The summed E-state index contributed by atoms with van der Waals surface area (Å²) in [5, 5.41) is 17.4. The van der Waals surface area contributed by atoms with Crippen LogP contribution in [0.25, 0.3) is 0 Å². The summed E-state index contributed by atoms with van der Waals surface area (Å²) in [6.45, 7) is 4.80. The SMILES string of the molecule is CN[C@@H](C)C(=O)N[C@@H](CC[C@H](NC(=O)[C@H](C)NC)C(=O)N1CCC[C@H]1CNC(=O)c1ccccc1)C(=O)N1CCC[C@H]1CNC(=O)c1ccccc1. The van der Waals surface area contributed by atoms with Crippen LogP contribution in [0.4, 0.5) is 0 Å². The van der Waals surface area contributed by atoms with Crippen molar-refractivity contribution in [2.75, 3.05) is 40.3 Å². The van der Waals surface area contributed by atoms with Crippen molar-refractivity contribution in [3.8, 4) is 0 Å². The van der Waals surface area contributed by atoms with Gasteiger partial charge in [0.15, 0.2) is 0 Å². The third-order valence-electron chi connectivity index (χ3n) is 10.0. The molecule has 6 amide bonds. The Balaban J connectivity index is 1.49. The van der Waals surface area contributed by atoms with Crippen LogP contribution in [-0.2, 0) is 19.2 Å². The fourth-order valence-electron chi connectivity index (χ4n) is 6.58. The van der Waals surface area contributed by atoms with Gasteiger partial charge in [-0.25, -0.2) is 0 Å². The van der Waals surface area contributed by atoms with Gasteiger partial charge in [0.2, 0.25) is 23.6 Å². The molecule has 2 aromatic rings. The van der Waals surface area contributed by atoms with Gasteiger partial charge in [0.25, 0.3) is 11.8 Å². The van der Waals surface area contributed by atoms with Crippen LogP contribution in [0.1, 0.15) is 73.1 Å². The maximum Gasteiger partial charge on any atom is 0.251 e. The van der Waals surface area contributed by atoms with Crippen molar-refractivity contribution in [2.45, 2.75) is 88.6 Å². The minimum atomic E-state index is -0.984. The molecule has 14 nitrogen and oxygen atoms in total. The van der Waals surface area contributed by atoms with E-state index in [1.807, 2.05) is 12.1 Å². The number of likely N-dealkylation sites (tertiary alicyclic amines) is 2. The first-order valence-corrected chi connectivity index (χ1v) is 18.3. The zero-order valence-electron chi connectivity index (χ0n) is 30.7. The Bertz CT molecular complexity index is 1410. The summed E-state index contributed by atoms with van der Waals surface area (Å²) in [7, 11) is 3.30. The topological polar surface area (TPSA) is 181 Å². The zero-order chi connectivity index (χ0) is 37.6. The molecule has 0 spiro atoms. The standard InChI is InChI=1S/C38H54N8O6/c1-25(39-3)33(47)43-31(37(51)45-21-11-17-29(45)23-41-35(49)27-13-7-5-8-14-27)19-20-32(44-34(48)26(2)40-4)38(52)46-22-12-18-30(46)24-42-36(50)28-15-9-6-10-16-28/h5-10,13-16,25-26,29-32,39-40H,11-12,17-24H2,1-4H3,(H,41,49)(H,42,50)(H,43,47)(H,44,48)/t25-,26-,29-,30-,31-,32-/m0/s1. The zero-order valence-corrected chi connectivity index (χ0v) is 30.7. The lowest BCUT2D eigenvalue weighted by molar-refractivity contribution is -0.139. The second-order valence-corrected chi connectivity index (χ2v) is 13.5. The van der Waals surface area contributed by atoms with E-state index in [0.29, 0.717) is 37.1 Å². The number of nitrogens with one attached hydrogen (secondary N) is 6. The van der Waals surface area contributed by atoms with Crippen molar-refractivity contribution < 1.29 is 28.8 Å². The van der Waals surface area contributed by atoms with Crippen molar-refractivity contribution in [1.82, 2.24) is 41.7 Å². The lowest BCUT2D eigenvalue weighted by Crippen LogP contribution is -2.57. The van der Waals surface area contributed by atoms with Crippen LogP contribution in [-0.4, -0.2) is 122 Å². The molecule has 6 N–H and O–H groups in total. The molecule has 0 unspecified atom stereocenters. The van der Waals surface area contributed by atoms with Crippen LogP contribution in [0.2, 0.25) is 0 Å². The maximum absolute atomic E-state index is 14.2. The Morgan fingerprint density at radius 3 is 1.33 bits per heavy atom. The van der Waals surface area contributed by atoms with Crippen molar-refractivity contribution in [3.63, 3.8) is 0 Å². The van der Waals surface area contributed by atoms with E-state index in [-0.39, 0.29) is 73.5 Å². The number of nitrogens with zero attached hydrogens (tertiary/aromatic N) is 2. The second kappa shape index (κ2) is 19.7. The maximum atomic E-state index is 14.2. The Morgan fingerprint density at radius 1 is 0.615 bits per heavy atom. The number of likely N-dealkylation sites (N-methyl/N-ethyl adjacent to an activating group) is 2. The number of rotatable bonds is 17. The van der Waals surface area contributed by atoms with Crippen LogP contribution in [0, 0.1) is 0 Å². The average Bonchev–Trinajstić information content (AvgIpc) is 3.86. The van der Waals surface area contributed by atoms with Gasteiger partial charge in [-0.15, -0.1) is 0 Å². The summed E-state index contributed by atoms with van der Waals surface area (Å²) in [4.78, 5) is 83.6. The Labute approximate surface area is 306 Å². The highest BCUT2D eigenvalue weighted by Gasteiger charge is 2.38. The van der Waals surface area contributed by atoms with Crippen LogP contribution in [0.15, 0.2) is 60.7 Å². The summed E-state index contributed by atoms with van der Waals surface area (Å²) < 4.78 is 0. The van der Waals surface area contributed by atoms with E-state index in [1.165, 1.54) is 0 Å². The van der Waals surface area contributed by atoms with Gasteiger partial charge in [-0.2, -0.15) is 0 Å². The van der Waals surface area contributed by atoms with Crippen LogP contribution >= 0.6 is 0 Å². The molecular weight excluding hydrogens is 664 g/mol. The molecule has 0 radical (unpaired) electrons. The molecule has 2 saturated heterocycles. The van der Waals surface area contributed by atoms with Gasteiger partial charge in [-0.3, -0.25) is 28.8 Å². The molecule has 2 aliphatic rings. The first-order valence-electron chi connectivity index (χ1n) is 18.3. The van der Waals surface area contributed by atoms with Crippen molar-refractivity contribution in [1.29, 1.82) is 0 Å². The molecule has 0 aromatic heterocycles. The minimum absolute atomic E-state index is 0.0779. The summed E-state index contributed by atoms with van der Waals surface area (Å²) in [5.74, 6) is -1.84. The molecule has 4 rings (SSSR count). The smallest absolute Gasteiger partial charge is 0.251 e. The van der Waals surface area contributed by atoms with Crippen LogP contribution in [0.3, 0.4) is 0 Å². The number of carbonyl (C=O) groups is 6. The summed E-state index contributed by atoms with van der Waals surface area (Å²) in [6.07, 6.45) is 3.00. The predicted molar refractivity (Wildman–Crippen MR) is 197 cm³/mol. The number of benzene rings is 2. The molecule has 0 bridgehead atoms. The molecule has 6 atom stereocenters. The Morgan fingerprint density at radius 2 is 0.981 bits per heavy atom. The molecule has 0 aliphatic carbocycles. The van der Waals surface area contributed by atoms with Gasteiger partial charge in [-0.05, 0) is 90.7 Å². The number of hydrogen-bond donors (Lipinski definition) is 6. The molecular formula is C38H54N8O6. The highest BCUT2D eigenvalue weighted by molar-refractivity contribution is 5.95. The van der Waals surface area contributed by atoms with Gasteiger partial charge in [0.1, 0.15) is 12.1 Å². The summed E-state index contributed by atoms with van der Waals surface area (Å²) >= 11 is 0. The van der Waals surface area contributed by atoms with Crippen LogP contribution in [0.5, 0.6) is 0 Å². The molecule has 282 valence electrons. The molecule has 2 heterocycles. The van der Waals surface area contributed by atoms with Crippen molar-refractivity contribution >= 4 is 35.4 Å². The molecule has 0 saturated carbocycles. The first-order chi connectivity index (χ1) is 25.0. The van der Waals surface area contributed by atoms with E-state index >= 15 is 0 Å². The summed E-state index contributed by atoms with van der Waals surface area (Å²) in [6, 6.07) is 14.0. The third kappa shape index (κ3) is 10.8. The van der Waals surface area contributed by atoms with Crippen molar-refractivity contribution in [3.05, 3.63) is 71.8 Å². The van der Waals surface area contributed by atoms with E-state index in [0.717, 1.165) is 12.8 Å². The lowest BCUT2D eigenvalue weighted by atomic mass is 10.0. The van der Waals surface area contributed by atoms with Crippen LogP contribution < -0.4 is 31.9 Å². The quantitative estimate of drug-likeness (QED) is 0.139. The highest BCUT2D eigenvalue weighted by atomic mass is 16.2. The molecule has 14 heteroatoms. The molecule has 2 aromatic carbocycles. The Kier molecular flexibility index (Phi) is 15.1. The monoisotopic (exact) mass is 718 g/mol. The Hall–Kier alpha value is -4.82. The highest BCUT2D eigenvalue weighted by Crippen LogP contribution is 2.22. The average molecular weight is 719 g/mol. The van der Waals surface area contributed by atoms with E-state index in [2.05, 4.69) is 31.9 Å². The molecule has 2 fully saturated rings. The number of amides is 6.